The van der Waals surface area contributed by atoms with Crippen LogP contribution in [0.5, 0.6) is 0 Å². The third kappa shape index (κ3) is 2.07. The third-order valence-electron chi connectivity index (χ3n) is 2.92. The van der Waals surface area contributed by atoms with Gasteiger partial charge in [0.1, 0.15) is 0 Å². The second-order valence-electron chi connectivity index (χ2n) is 3.99. The molecule has 72 valence electrons. The molecule has 0 aromatic heterocycles. The zero-order valence-corrected chi connectivity index (χ0v) is 8.42. The van der Waals surface area contributed by atoms with Crippen molar-refractivity contribution in [2.45, 2.75) is 25.7 Å². The molecule has 2 aliphatic heterocycles. The summed E-state index contributed by atoms with van der Waals surface area (Å²) in [4.78, 5) is 4.69. The predicted molar refractivity (Wildman–Crippen MR) is 54.3 cm³/mol. The molecule has 2 heteroatoms. The molecule has 0 unspecified atom stereocenters. The molecule has 0 amide bonds. The van der Waals surface area contributed by atoms with Gasteiger partial charge in [-0.15, -0.1) is 0 Å². The summed E-state index contributed by atoms with van der Waals surface area (Å²) in [7, 11) is 2.16. The zero-order valence-electron chi connectivity index (χ0n) is 8.42. The summed E-state index contributed by atoms with van der Waals surface area (Å²) in [5, 5.41) is 0. The van der Waals surface area contributed by atoms with Crippen molar-refractivity contribution in [1.29, 1.82) is 0 Å². The Morgan fingerprint density at radius 3 is 2.54 bits per heavy atom. The molecule has 0 saturated carbocycles. The molecule has 0 N–H and O–H groups in total. The van der Waals surface area contributed by atoms with E-state index in [1.54, 1.807) is 0 Å². The molecule has 13 heavy (non-hydrogen) atoms. The second-order valence-corrected chi connectivity index (χ2v) is 3.99. The summed E-state index contributed by atoms with van der Waals surface area (Å²) >= 11 is 0. The zero-order chi connectivity index (χ0) is 9.10. The number of likely N-dealkylation sites (tertiary alicyclic amines) is 2. The smallest absolute Gasteiger partial charge is 0.0577 e. The molecular weight excluding hydrogens is 160 g/mol. The van der Waals surface area contributed by atoms with Crippen LogP contribution in [-0.4, -0.2) is 36.5 Å². The summed E-state index contributed by atoms with van der Waals surface area (Å²) in [5.74, 6) is 0. The van der Waals surface area contributed by atoms with Crippen LogP contribution in [0.25, 0.3) is 0 Å². The Bertz CT molecular complexity index is 232. The van der Waals surface area contributed by atoms with Gasteiger partial charge in [-0.1, -0.05) is 5.73 Å². The Morgan fingerprint density at radius 2 is 1.92 bits per heavy atom. The van der Waals surface area contributed by atoms with Gasteiger partial charge in [0.25, 0.3) is 0 Å². The minimum atomic E-state index is 1.20. The molecular formula is C11H18N2. The Morgan fingerprint density at radius 1 is 1.15 bits per heavy atom. The van der Waals surface area contributed by atoms with E-state index in [9.17, 15) is 0 Å². The van der Waals surface area contributed by atoms with Gasteiger partial charge in [-0.2, -0.15) is 0 Å². The summed E-state index contributed by atoms with van der Waals surface area (Å²) in [6, 6.07) is 0. The van der Waals surface area contributed by atoms with Gasteiger partial charge in [0, 0.05) is 32.9 Å². The first kappa shape index (κ1) is 8.71. The van der Waals surface area contributed by atoms with Crippen LogP contribution in [0.3, 0.4) is 0 Å². The number of allylic oxidation sites excluding steroid dienone is 1. The normalized spacial score (nSPS) is 22.4. The van der Waals surface area contributed by atoms with Gasteiger partial charge in [-0.05, 0) is 25.7 Å². The lowest BCUT2D eigenvalue weighted by molar-refractivity contribution is 0.461. The topological polar surface area (TPSA) is 6.48 Å². The highest BCUT2D eigenvalue weighted by atomic mass is 15.1. The second kappa shape index (κ2) is 3.89. The van der Waals surface area contributed by atoms with Crippen LogP contribution in [0.15, 0.2) is 17.6 Å². The quantitative estimate of drug-likeness (QED) is 0.565. The molecule has 0 spiro atoms. The fraction of sp³-hybridized carbons (Fsp3) is 0.727. The van der Waals surface area contributed by atoms with Gasteiger partial charge in [0.15, 0.2) is 0 Å². The lowest BCUT2D eigenvalue weighted by Gasteiger charge is -2.11. The van der Waals surface area contributed by atoms with Crippen LogP contribution in [0.4, 0.5) is 0 Å². The maximum atomic E-state index is 3.42. The van der Waals surface area contributed by atoms with Crippen molar-refractivity contribution >= 4 is 0 Å². The molecule has 0 bridgehead atoms. The Balaban J connectivity index is 2.00. The van der Waals surface area contributed by atoms with Crippen molar-refractivity contribution in [3.05, 3.63) is 17.6 Å². The lowest BCUT2D eigenvalue weighted by atomic mass is 10.3. The van der Waals surface area contributed by atoms with E-state index < -0.39 is 0 Å². The molecule has 0 radical (unpaired) electrons. The Kier molecular flexibility index (Phi) is 2.60. The average molecular weight is 178 g/mol. The number of hydrogen-bond donors (Lipinski definition) is 0. The number of hydrogen-bond acceptors (Lipinski definition) is 2. The van der Waals surface area contributed by atoms with Crippen LogP contribution in [0, 0.1) is 0 Å². The third-order valence-corrected chi connectivity index (χ3v) is 2.92. The van der Waals surface area contributed by atoms with Crippen molar-refractivity contribution in [1.82, 2.24) is 9.80 Å². The first-order chi connectivity index (χ1) is 6.36. The van der Waals surface area contributed by atoms with Gasteiger partial charge in [-0.3, -0.25) is 0 Å². The molecule has 0 aromatic rings. The van der Waals surface area contributed by atoms with Crippen molar-refractivity contribution in [2.24, 2.45) is 0 Å². The molecule has 0 aromatic carbocycles. The SMILES string of the molecule is CN1CCCC1=C=CN1CCCC1. The van der Waals surface area contributed by atoms with Crippen LogP contribution in [0.2, 0.25) is 0 Å². The van der Waals surface area contributed by atoms with Crippen LogP contribution in [-0.2, 0) is 0 Å². The first-order valence-electron chi connectivity index (χ1n) is 5.27. The highest BCUT2D eigenvalue weighted by molar-refractivity contribution is 5.04. The Hall–Kier alpha value is -0.880. The minimum Gasteiger partial charge on any atom is -0.372 e. The Labute approximate surface area is 80.5 Å². The van der Waals surface area contributed by atoms with E-state index in [1.165, 1.54) is 51.0 Å². The van der Waals surface area contributed by atoms with Crippen molar-refractivity contribution < 1.29 is 0 Å². The predicted octanol–water partition coefficient (Wildman–Crippen LogP) is 1.80. The molecule has 2 nitrogen and oxygen atoms in total. The van der Waals surface area contributed by atoms with Crippen LogP contribution >= 0.6 is 0 Å². The molecule has 0 atom stereocenters. The van der Waals surface area contributed by atoms with Crippen molar-refractivity contribution in [3.8, 4) is 0 Å². The maximum absolute atomic E-state index is 3.42. The standard InChI is InChI=1S/C11H18N2/c1-12-7-4-5-11(12)6-10-13-8-2-3-9-13/h10H,2-5,7-9H2,1H3. The monoisotopic (exact) mass is 178 g/mol. The van der Waals surface area contributed by atoms with Crippen molar-refractivity contribution in [2.75, 3.05) is 26.7 Å². The van der Waals surface area contributed by atoms with Crippen LogP contribution < -0.4 is 0 Å². The molecule has 2 rings (SSSR count). The number of rotatable bonds is 1. The summed E-state index contributed by atoms with van der Waals surface area (Å²) in [6.07, 6.45) is 7.37. The minimum absolute atomic E-state index is 1.20. The van der Waals surface area contributed by atoms with E-state index in [1.807, 2.05) is 0 Å². The molecule has 2 aliphatic rings. The first-order valence-corrected chi connectivity index (χ1v) is 5.27. The lowest BCUT2D eigenvalue weighted by Crippen LogP contribution is -2.11. The van der Waals surface area contributed by atoms with Crippen molar-refractivity contribution in [3.63, 3.8) is 0 Å². The van der Waals surface area contributed by atoms with Gasteiger partial charge in [0.05, 0.1) is 5.70 Å². The summed E-state index contributed by atoms with van der Waals surface area (Å²) in [6.45, 7) is 3.66. The van der Waals surface area contributed by atoms with E-state index >= 15 is 0 Å². The molecule has 2 heterocycles. The van der Waals surface area contributed by atoms with Gasteiger partial charge in [-0.25, -0.2) is 0 Å². The maximum Gasteiger partial charge on any atom is 0.0577 e. The highest BCUT2D eigenvalue weighted by Crippen LogP contribution is 2.17. The van der Waals surface area contributed by atoms with E-state index in [4.69, 9.17) is 0 Å². The fourth-order valence-electron chi connectivity index (χ4n) is 2.03. The van der Waals surface area contributed by atoms with Gasteiger partial charge >= 0.3 is 0 Å². The van der Waals surface area contributed by atoms with Gasteiger partial charge in [0.2, 0.25) is 0 Å². The number of nitrogens with zero attached hydrogens (tertiary/aromatic N) is 2. The largest absolute Gasteiger partial charge is 0.372 e. The average Bonchev–Trinajstić information content (AvgIpc) is 2.72. The van der Waals surface area contributed by atoms with Gasteiger partial charge < -0.3 is 9.80 Å². The van der Waals surface area contributed by atoms with E-state index in [2.05, 4.69) is 28.8 Å². The van der Waals surface area contributed by atoms with E-state index in [0.29, 0.717) is 0 Å². The molecule has 2 fully saturated rings. The fourth-order valence-corrected chi connectivity index (χ4v) is 2.03. The van der Waals surface area contributed by atoms with E-state index in [0.717, 1.165) is 0 Å². The summed E-state index contributed by atoms with van der Waals surface area (Å²) in [5.41, 5.74) is 4.80. The molecule has 0 aliphatic carbocycles. The van der Waals surface area contributed by atoms with E-state index in [-0.39, 0.29) is 0 Å². The van der Waals surface area contributed by atoms with Crippen LogP contribution in [0.1, 0.15) is 25.7 Å². The highest BCUT2D eigenvalue weighted by Gasteiger charge is 2.11. The molecule has 2 saturated heterocycles. The summed E-state index contributed by atoms with van der Waals surface area (Å²) < 4.78 is 0.